The average Bonchev–Trinajstić information content (AvgIpc) is 3.17. The summed E-state index contributed by atoms with van der Waals surface area (Å²) in [5.74, 6) is -0.431. The maximum Gasteiger partial charge on any atom is 0.339 e. The Hall–Kier alpha value is -3.47. The minimum absolute atomic E-state index is 0.288. The summed E-state index contributed by atoms with van der Waals surface area (Å²) in [4.78, 5) is 30.0. The van der Waals surface area contributed by atoms with E-state index >= 15 is 0 Å². The van der Waals surface area contributed by atoms with Gasteiger partial charge in [-0.15, -0.1) is 0 Å². The molecule has 0 unspecified atom stereocenters. The van der Waals surface area contributed by atoms with Crippen molar-refractivity contribution in [2.24, 2.45) is 5.92 Å². The third-order valence-corrected chi connectivity index (χ3v) is 5.33. The number of carbonyl (C=O) groups excluding carboxylic acids is 2. The third kappa shape index (κ3) is 4.66. The van der Waals surface area contributed by atoms with Gasteiger partial charge in [0.1, 0.15) is 0 Å². The first kappa shape index (κ1) is 20.8. The lowest BCUT2D eigenvalue weighted by Crippen LogP contribution is -2.31. The highest BCUT2D eigenvalue weighted by Gasteiger charge is 2.27. The van der Waals surface area contributed by atoms with E-state index < -0.39 is 5.97 Å². The molecule has 0 saturated heterocycles. The number of nitrogens with zero attached hydrogens (tertiary/aromatic N) is 1. The number of fused-ring (bicyclic) bond motifs is 2. The molecule has 0 saturated carbocycles. The number of carbonyl (C=O) groups is 2. The predicted octanol–water partition coefficient (Wildman–Crippen LogP) is 4.65. The second kappa shape index (κ2) is 9.13. The lowest BCUT2D eigenvalue weighted by Gasteiger charge is -2.13. The van der Waals surface area contributed by atoms with Crippen LogP contribution < -0.4 is 5.32 Å². The molecule has 0 aliphatic heterocycles. The summed E-state index contributed by atoms with van der Waals surface area (Å²) in [5.41, 5.74) is 5.22. The Morgan fingerprint density at radius 1 is 1.06 bits per heavy atom. The normalized spacial score (nSPS) is 14.1. The summed E-state index contributed by atoms with van der Waals surface area (Å²) in [6, 6.07) is 17.7. The summed E-state index contributed by atoms with van der Waals surface area (Å²) in [7, 11) is 0. The van der Waals surface area contributed by atoms with E-state index in [1.165, 1.54) is 0 Å². The smallest absolute Gasteiger partial charge is 0.339 e. The number of esters is 1. The molecule has 0 spiro atoms. The molecule has 0 bridgehead atoms. The van der Waals surface area contributed by atoms with Crippen molar-refractivity contribution >= 4 is 34.4 Å². The van der Waals surface area contributed by atoms with Gasteiger partial charge in [0.25, 0.3) is 5.91 Å². The second-order valence-corrected chi connectivity index (χ2v) is 8.19. The predicted molar refractivity (Wildman–Crippen MR) is 123 cm³/mol. The number of hydrogen-bond acceptors (Lipinski definition) is 4. The van der Waals surface area contributed by atoms with Crippen LogP contribution >= 0.6 is 0 Å². The highest BCUT2D eigenvalue weighted by atomic mass is 16.5. The fraction of sp³-hybridized carbons (Fsp3) is 0.269. The van der Waals surface area contributed by atoms with Crippen molar-refractivity contribution in [3.8, 4) is 0 Å². The second-order valence-electron chi connectivity index (χ2n) is 8.19. The van der Waals surface area contributed by atoms with Gasteiger partial charge in [-0.25, -0.2) is 9.78 Å². The molecule has 5 heteroatoms. The van der Waals surface area contributed by atoms with Crippen LogP contribution in [0.5, 0.6) is 0 Å². The highest BCUT2D eigenvalue weighted by Crippen LogP contribution is 2.37. The third-order valence-electron chi connectivity index (χ3n) is 5.33. The van der Waals surface area contributed by atoms with E-state index in [1.54, 1.807) is 0 Å². The molecule has 1 aliphatic carbocycles. The maximum atomic E-state index is 13.1. The summed E-state index contributed by atoms with van der Waals surface area (Å²) in [6.07, 6.45) is 3.65. The van der Waals surface area contributed by atoms with Crippen LogP contribution in [0.1, 0.15) is 47.4 Å². The van der Waals surface area contributed by atoms with Gasteiger partial charge in [0.05, 0.1) is 16.8 Å². The Labute approximate surface area is 182 Å². The largest absolute Gasteiger partial charge is 0.452 e. The van der Waals surface area contributed by atoms with Gasteiger partial charge in [0.15, 0.2) is 6.61 Å². The van der Waals surface area contributed by atoms with Gasteiger partial charge in [0, 0.05) is 11.9 Å². The minimum atomic E-state index is -0.476. The van der Waals surface area contributed by atoms with Crippen molar-refractivity contribution in [1.29, 1.82) is 0 Å². The van der Waals surface area contributed by atoms with E-state index in [9.17, 15) is 9.59 Å². The fourth-order valence-corrected chi connectivity index (χ4v) is 3.83. The SMILES string of the molecule is CC(C)CNC(=O)COC(=O)c1c2c(nc3ccccc13)/C(=C/c1ccccc1)CC2. The quantitative estimate of drug-likeness (QED) is 0.596. The number of para-hydroxylation sites is 1. The van der Waals surface area contributed by atoms with Crippen molar-refractivity contribution < 1.29 is 14.3 Å². The van der Waals surface area contributed by atoms with Crippen LogP contribution in [-0.2, 0) is 16.0 Å². The molecule has 1 heterocycles. The Bertz CT molecular complexity index is 1150. The molecule has 1 amide bonds. The Morgan fingerprint density at radius 2 is 1.81 bits per heavy atom. The molecule has 2 aromatic carbocycles. The van der Waals surface area contributed by atoms with Gasteiger partial charge in [-0.1, -0.05) is 62.4 Å². The molecule has 1 N–H and O–H groups in total. The molecule has 5 nitrogen and oxygen atoms in total. The van der Waals surface area contributed by atoms with E-state index in [0.717, 1.165) is 46.1 Å². The minimum Gasteiger partial charge on any atom is -0.452 e. The maximum absolute atomic E-state index is 13.1. The monoisotopic (exact) mass is 414 g/mol. The number of aromatic nitrogens is 1. The van der Waals surface area contributed by atoms with E-state index in [-0.39, 0.29) is 12.5 Å². The summed E-state index contributed by atoms with van der Waals surface area (Å²) < 4.78 is 5.41. The number of rotatable bonds is 6. The molecule has 158 valence electrons. The molecule has 0 atom stereocenters. The van der Waals surface area contributed by atoms with Gasteiger partial charge in [-0.05, 0) is 47.6 Å². The van der Waals surface area contributed by atoms with E-state index in [1.807, 2.05) is 56.3 Å². The molecule has 3 aromatic rings. The van der Waals surface area contributed by atoms with Crippen molar-refractivity contribution in [2.45, 2.75) is 26.7 Å². The fourth-order valence-electron chi connectivity index (χ4n) is 3.83. The van der Waals surface area contributed by atoms with Crippen LogP contribution in [0.15, 0.2) is 54.6 Å². The molecule has 31 heavy (non-hydrogen) atoms. The van der Waals surface area contributed by atoms with Crippen LogP contribution in [0, 0.1) is 5.92 Å². The number of ether oxygens (including phenoxy) is 1. The first-order valence-corrected chi connectivity index (χ1v) is 10.6. The van der Waals surface area contributed by atoms with Crippen molar-refractivity contribution in [1.82, 2.24) is 10.3 Å². The zero-order valence-electron chi connectivity index (χ0n) is 17.9. The molecule has 4 rings (SSSR count). The molecule has 0 radical (unpaired) electrons. The van der Waals surface area contributed by atoms with E-state index in [0.29, 0.717) is 18.0 Å². The Balaban J connectivity index is 1.67. The molecule has 1 aliphatic rings. The van der Waals surface area contributed by atoms with Gasteiger partial charge >= 0.3 is 5.97 Å². The van der Waals surface area contributed by atoms with Gasteiger partial charge in [-0.2, -0.15) is 0 Å². The molecule has 1 aromatic heterocycles. The highest BCUT2D eigenvalue weighted by molar-refractivity contribution is 6.07. The number of benzene rings is 2. The summed E-state index contributed by atoms with van der Waals surface area (Å²) in [5, 5.41) is 3.53. The Morgan fingerprint density at radius 3 is 2.58 bits per heavy atom. The standard InChI is InChI=1S/C26H26N2O3/c1-17(2)15-27-23(29)16-31-26(30)24-20-10-6-7-11-22(20)28-25-19(12-13-21(24)25)14-18-8-4-3-5-9-18/h3-11,14,17H,12-13,15-16H2,1-2H3,(H,27,29)/b19-14+. The topological polar surface area (TPSA) is 68.3 Å². The number of amides is 1. The van der Waals surface area contributed by atoms with Crippen molar-refractivity contribution in [2.75, 3.05) is 13.2 Å². The number of pyridine rings is 1. The number of allylic oxidation sites excluding steroid dienone is 1. The zero-order valence-corrected chi connectivity index (χ0v) is 17.9. The zero-order chi connectivity index (χ0) is 21.8. The number of nitrogens with one attached hydrogen (secondary N) is 1. The molecular weight excluding hydrogens is 388 g/mol. The van der Waals surface area contributed by atoms with E-state index in [4.69, 9.17) is 9.72 Å². The van der Waals surface area contributed by atoms with Crippen LogP contribution in [-0.4, -0.2) is 30.0 Å². The number of hydrogen-bond donors (Lipinski definition) is 1. The van der Waals surface area contributed by atoms with Crippen molar-refractivity contribution in [3.05, 3.63) is 77.0 Å². The average molecular weight is 415 g/mol. The van der Waals surface area contributed by atoms with Gasteiger partial charge in [-0.3, -0.25) is 4.79 Å². The van der Waals surface area contributed by atoms with Crippen LogP contribution in [0.4, 0.5) is 0 Å². The Kier molecular flexibility index (Phi) is 6.12. The lowest BCUT2D eigenvalue weighted by molar-refractivity contribution is -0.124. The van der Waals surface area contributed by atoms with E-state index in [2.05, 4.69) is 23.5 Å². The van der Waals surface area contributed by atoms with Gasteiger partial charge in [0.2, 0.25) is 0 Å². The van der Waals surface area contributed by atoms with Crippen LogP contribution in [0.2, 0.25) is 0 Å². The summed E-state index contributed by atoms with van der Waals surface area (Å²) >= 11 is 0. The van der Waals surface area contributed by atoms with Crippen molar-refractivity contribution in [3.63, 3.8) is 0 Å². The lowest BCUT2D eigenvalue weighted by atomic mass is 10.0. The van der Waals surface area contributed by atoms with Crippen LogP contribution in [0.3, 0.4) is 0 Å². The molecular formula is C26H26N2O3. The summed E-state index contributed by atoms with van der Waals surface area (Å²) in [6.45, 7) is 4.29. The van der Waals surface area contributed by atoms with Crippen LogP contribution in [0.25, 0.3) is 22.6 Å². The molecule has 0 fully saturated rings. The first-order chi connectivity index (χ1) is 15.0. The van der Waals surface area contributed by atoms with Gasteiger partial charge < -0.3 is 10.1 Å². The first-order valence-electron chi connectivity index (χ1n) is 10.6.